The van der Waals surface area contributed by atoms with Crippen molar-refractivity contribution in [3.63, 3.8) is 0 Å². The van der Waals surface area contributed by atoms with Gasteiger partial charge >= 0.3 is 0 Å². The highest BCUT2D eigenvalue weighted by Gasteiger charge is 2.31. The van der Waals surface area contributed by atoms with Crippen molar-refractivity contribution in [1.82, 2.24) is 19.8 Å². The number of carbonyl (C=O) groups is 2. The molecular weight excluding hydrogens is 486 g/mol. The number of aryl methyl sites for hydroxylation is 1. The average Bonchev–Trinajstić information content (AvgIpc) is 3.39. The number of rotatable bonds is 7. The molecule has 4 heterocycles. The van der Waals surface area contributed by atoms with Crippen LogP contribution in [0.25, 0.3) is 10.9 Å². The first kappa shape index (κ1) is 25.6. The van der Waals surface area contributed by atoms with Gasteiger partial charge in [-0.1, -0.05) is 19.9 Å². The molecule has 1 N–H and O–H groups in total. The summed E-state index contributed by atoms with van der Waals surface area (Å²) < 4.78 is 12.8. The lowest BCUT2D eigenvalue weighted by molar-refractivity contribution is -0.134. The Balaban J connectivity index is 1.36. The smallest absolute Gasteiger partial charge is 0.257 e. The van der Waals surface area contributed by atoms with Crippen LogP contribution in [-0.4, -0.2) is 65.3 Å². The molecule has 0 spiro atoms. The number of carbonyl (C=O) groups excluding carboxylic acids is 2. The van der Waals surface area contributed by atoms with Crippen molar-refractivity contribution in [2.75, 3.05) is 37.9 Å². The van der Waals surface area contributed by atoms with Gasteiger partial charge in [-0.25, -0.2) is 4.98 Å². The molecule has 3 aromatic rings. The summed E-state index contributed by atoms with van der Waals surface area (Å²) in [6, 6.07) is 8.44. The van der Waals surface area contributed by atoms with Gasteiger partial charge in [0.1, 0.15) is 17.4 Å². The summed E-state index contributed by atoms with van der Waals surface area (Å²) in [5.74, 6) is 1.42. The van der Waals surface area contributed by atoms with E-state index in [9.17, 15) is 14.4 Å². The molecule has 0 saturated carbocycles. The van der Waals surface area contributed by atoms with Crippen molar-refractivity contribution < 1.29 is 19.1 Å². The van der Waals surface area contributed by atoms with Gasteiger partial charge in [-0.2, -0.15) is 0 Å². The summed E-state index contributed by atoms with van der Waals surface area (Å²) in [4.78, 5) is 48.8. The zero-order valence-electron chi connectivity index (χ0n) is 22.0. The molecule has 0 radical (unpaired) electrons. The van der Waals surface area contributed by atoms with Gasteiger partial charge in [0.15, 0.2) is 11.5 Å². The minimum Gasteiger partial charge on any atom is -0.454 e. The third-order valence-electron chi connectivity index (χ3n) is 7.03. The molecule has 10 nitrogen and oxygen atoms in total. The first-order valence-electron chi connectivity index (χ1n) is 13.1. The molecule has 1 saturated heterocycles. The number of nitrogens with one attached hydrogen (secondary N) is 1. The van der Waals surface area contributed by atoms with Gasteiger partial charge in [-0.3, -0.25) is 14.4 Å². The molecule has 1 atom stereocenters. The number of aromatic nitrogens is 2. The molecule has 200 valence electrons. The monoisotopic (exact) mass is 519 g/mol. The minimum absolute atomic E-state index is 0.000238. The molecule has 0 aliphatic carbocycles. The standard InChI is InChI=1S/C28H33N5O5/c1-4-31-16-20(26(34)19-14-23-24(15-22(19)31)38-17-37-23)27(35)30-21(13-18(2)3)28(36)33-11-9-32(10-12-33)25-7-5-6-8-29-25/h5-8,14-16,18,21H,4,9-13,17H2,1-3H3,(H,30,35)/t21-/m1/s1. The number of piperazine rings is 1. The van der Waals surface area contributed by atoms with E-state index >= 15 is 0 Å². The molecule has 2 amide bonds. The maximum Gasteiger partial charge on any atom is 0.257 e. The van der Waals surface area contributed by atoms with Gasteiger partial charge < -0.3 is 29.2 Å². The molecule has 2 aliphatic rings. The van der Waals surface area contributed by atoms with Gasteiger partial charge in [-0.15, -0.1) is 0 Å². The van der Waals surface area contributed by atoms with Crippen LogP contribution in [0.5, 0.6) is 11.5 Å². The normalized spacial score (nSPS) is 15.7. The van der Waals surface area contributed by atoms with E-state index in [0.717, 1.165) is 5.82 Å². The zero-order valence-corrected chi connectivity index (χ0v) is 22.0. The molecule has 0 bridgehead atoms. The van der Waals surface area contributed by atoms with Gasteiger partial charge in [0.25, 0.3) is 5.91 Å². The SMILES string of the molecule is CCn1cc(C(=O)N[C@H](CC(C)C)C(=O)N2CCN(c3ccccn3)CC2)c(=O)c2cc3c(cc21)OCO3. The fourth-order valence-electron chi connectivity index (χ4n) is 5.05. The molecule has 2 aromatic heterocycles. The number of benzene rings is 1. The van der Waals surface area contributed by atoms with Crippen LogP contribution in [0.1, 0.15) is 37.6 Å². The third kappa shape index (κ3) is 5.03. The van der Waals surface area contributed by atoms with Crippen molar-refractivity contribution in [2.45, 2.75) is 39.8 Å². The third-order valence-corrected chi connectivity index (χ3v) is 7.03. The predicted molar refractivity (Wildman–Crippen MR) is 144 cm³/mol. The van der Waals surface area contributed by atoms with Crippen LogP contribution in [0, 0.1) is 5.92 Å². The minimum atomic E-state index is -0.731. The number of hydrogen-bond donors (Lipinski definition) is 1. The Labute approximate surface area is 221 Å². The predicted octanol–water partition coefficient (Wildman–Crippen LogP) is 2.64. The van der Waals surface area contributed by atoms with Crippen LogP contribution in [0.4, 0.5) is 5.82 Å². The maximum absolute atomic E-state index is 13.6. The summed E-state index contributed by atoms with van der Waals surface area (Å²) in [5, 5.41) is 3.26. The fourth-order valence-corrected chi connectivity index (χ4v) is 5.05. The van der Waals surface area contributed by atoms with E-state index in [2.05, 4.69) is 15.2 Å². The second-order valence-electron chi connectivity index (χ2n) is 10.0. The lowest BCUT2D eigenvalue weighted by atomic mass is 10.0. The lowest BCUT2D eigenvalue weighted by Gasteiger charge is -2.37. The number of pyridine rings is 2. The van der Waals surface area contributed by atoms with Crippen LogP contribution in [0.2, 0.25) is 0 Å². The van der Waals surface area contributed by atoms with Crippen molar-refractivity contribution in [3.8, 4) is 11.5 Å². The van der Waals surface area contributed by atoms with E-state index < -0.39 is 17.4 Å². The number of nitrogens with zero attached hydrogens (tertiary/aromatic N) is 4. The molecule has 10 heteroatoms. The van der Waals surface area contributed by atoms with E-state index in [1.54, 1.807) is 29.4 Å². The highest BCUT2D eigenvalue weighted by molar-refractivity contribution is 6.00. The highest BCUT2D eigenvalue weighted by atomic mass is 16.7. The Bertz CT molecular complexity index is 1400. The number of ether oxygens (including phenoxy) is 2. The molecule has 38 heavy (non-hydrogen) atoms. The fraction of sp³-hybridized carbons (Fsp3) is 0.429. The van der Waals surface area contributed by atoms with Crippen molar-refractivity contribution in [2.24, 2.45) is 5.92 Å². The molecule has 1 aromatic carbocycles. The van der Waals surface area contributed by atoms with Gasteiger partial charge in [0, 0.05) is 51.2 Å². The Hall–Kier alpha value is -4.08. The van der Waals surface area contributed by atoms with Gasteiger partial charge in [0.05, 0.1) is 10.9 Å². The van der Waals surface area contributed by atoms with Crippen LogP contribution in [-0.2, 0) is 11.3 Å². The maximum atomic E-state index is 13.6. The van der Waals surface area contributed by atoms with Crippen molar-refractivity contribution >= 4 is 28.5 Å². The summed E-state index contributed by atoms with van der Waals surface area (Å²) in [7, 11) is 0. The average molecular weight is 520 g/mol. The molecule has 0 unspecified atom stereocenters. The number of anilines is 1. The van der Waals surface area contributed by atoms with Gasteiger partial charge in [-0.05, 0) is 37.5 Å². The van der Waals surface area contributed by atoms with Crippen LogP contribution < -0.4 is 25.1 Å². The number of fused-ring (bicyclic) bond motifs is 2. The summed E-state index contributed by atoms with van der Waals surface area (Å²) in [5.41, 5.74) is 0.263. The molecule has 2 aliphatic heterocycles. The highest BCUT2D eigenvalue weighted by Crippen LogP contribution is 2.35. The van der Waals surface area contributed by atoms with Crippen molar-refractivity contribution in [1.29, 1.82) is 0 Å². The summed E-state index contributed by atoms with van der Waals surface area (Å²) in [6.45, 7) is 8.98. The zero-order chi connectivity index (χ0) is 26.8. The van der Waals surface area contributed by atoms with E-state index in [4.69, 9.17) is 9.47 Å². The number of hydrogen-bond acceptors (Lipinski definition) is 7. The van der Waals surface area contributed by atoms with Crippen molar-refractivity contribution in [3.05, 3.63) is 58.5 Å². The molecular formula is C28H33N5O5. The van der Waals surface area contributed by atoms with Crippen LogP contribution in [0.3, 0.4) is 0 Å². The van der Waals surface area contributed by atoms with E-state index in [-0.39, 0.29) is 24.2 Å². The number of amides is 2. The molecule has 5 rings (SSSR count). The quantitative estimate of drug-likeness (QED) is 0.512. The van der Waals surface area contributed by atoms with Gasteiger partial charge in [0.2, 0.25) is 18.1 Å². The Morgan fingerprint density at radius 1 is 1.08 bits per heavy atom. The first-order valence-corrected chi connectivity index (χ1v) is 13.1. The Morgan fingerprint density at radius 3 is 2.47 bits per heavy atom. The summed E-state index contributed by atoms with van der Waals surface area (Å²) >= 11 is 0. The second-order valence-corrected chi connectivity index (χ2v) is 10.0. The first-order chi connectivity index (χ1) is 18.4. The largest absolute Gasteiger partial charge is 0.454 e. The van der Waals surface area contributed by atoms with Crippen LogP contribution >= 0.6 is 0 Å². The lowest BCUT2D eigenvalue weighted by Crippen LogP contribution is -2.55. The Kier molecular flexibility index (Phi) is 7.22. The topological polar surface area (TPSA) is 106 Å². The Morgan fingerprint density at radius 2 is 1.82 bits per heavy atom. The van der Waals surface area contributed by atoms with E-state index in [1.165, 1.54) is 0 Å². The van der Waals surface area contributed by atoms with E-state index in [0.29, 0.717) is 61.5 Å². The summed E-state index contributed by atoms with van der Waals surface area (Å²) in [6.07, 6.45) is 3.79. The van der Waals surface area contributed by atoms with E-state index in [1.807, 2.05) is 43.5 Å². The second kappa shape index (κ2) is 10.7. The van der Waals surface area contributed by atoms with Crippen LogP contribution in [0.15, 0.2) is 47.5 Å². The molecule has 1 fully saturated rings.